The SMILES string of the molecule is CC(NCC1(O)CCC1)C1CN(Cc2ccccc2)CCO1. The van der Waals surface area contributed by atoms with Crippen molar-refractivity contribution in [3.8, 4) is 0 Å². The number of benzene rings is 1. The maximum absolute atomic E-state index is 10.2. The molecule has 2 atom stereocenters. The van der Waals surface area contributed by atoms with Crippen LogP contribution >= 0.6 is 0 Å². The summed E-state index contributed by atoms with van der Waals surface area (Å²) in [6.07, 6.45) is 3.20. The molecular formula is C18H28N2O2. The lowest BCUT2D eigenvalue weighted by Gasteiger charge is -2.40. The van der Waals surface area contributed by atoms with Crippen molar-refractivity contribution in [2.75, 3.05) is 26.2 Å². The summed E-state index contributed by atoms with van der Waals surface area (Å²) in [7, 11) is 0. The molecule has 1 aliphatic carbocycles. The lowest BCUT2D eigenvalue weighted by Crippen LogP contribution is -2.55. The zero-order valence-electron chi connectivity index (χ0n) is 13.5. The van der Waals surface area contributed by atoms with E-state index in [-0.39, 0.29) is 12.1 Å². The molecule has 0 radical (unpaired) electrons. The Balaban J connectivity index is 1.47. The molecule has 1 saturated carbocycles. The number of morpholine rings is 1. The summed E-state index contributed by atoms with van der Waals surface area (Å²) >= 11 is 0. The molecule has 0 spiro atoms. The van der Waals surface area contributed by atoms with Crippen LogP contribution in [0.2, 0.25) is 0 Å². The van der Waals surface area contributed by atoms with Crippen molar-refractivity contribution in [1.82, 2.24) is 10.2 Å². The average molecular weight is 304 g/mol. The van der Waals surface area contributed by atoms with Crippen LogP contribution in [0.4, 0.5) is 0 Å². The molecule has 1 aromatic carbocycles. The molecule has 0 bridgehead atoms. The second kappa shape index (κ2) is 7.09. The van der Waals surface area contributed by atoms with Crippen LogP contribution in [0.3, 0.4) is 0 Å². The summed E-state index contributed by atoms with van der Waals surface area (Å²) in [4.78, 5) is 2.46. The van der Waals surface area contributed by atoms with E-state index in [0.717, 1.165) is 45.5 Å². The quantitative estimate of drug-likeness (QED) is 0.841. The zero-order valence-corrected chi connectivity index (χ0v) is 13.5. The molecule has 4 nitrogen and oxygen atoms in total. The first-order valence-electron chi connectivity index (χ1n) is 8.48. The van der Waals surface area contributed by atoms with Gasteiger partial charge >= 0.3 is 0 Å². The van der Waals surface area contributed by atoms with E-state index in [1.807, 2.05) is 0 Å². The molecule has 2 aliphatic rings. The molecule has 1 saturated heterocycles. The van der Waals surface area contributed by atoms with Crippen molar-refractivity contribution in [2.24, 2.45) is 0 Å². The summed E-state index contributed by atoms with van der Waals surface area (Å²) in [6, 6.07) is 10.9. The molecule has 4 heteroatoms. The minimum absolute atomic E-state index is 0.195. The molecule has 2 fully saturated rings. The molecular weight excluding hydrogens is 276 g/mol. The molecule has 1 heterocycles. The highest BCUT2D eigenvalue weighted by molar-refractivity contribution is 5.14. The van der Waals surface area contributed by atoms with E-state index in [1.165, 1.54) is 5.56 Å². The van der Waals surface area contributed by atoms with E-state index >= 15 is 0 Å². The fraction of sp³-hybridized carbons (Fsp3) is 0.667. The lowest BCUT2D eigenvalue weighted by atomic mass is 9.80. The topological polar surface area (TPSA) is 44.7 Å². The van der Waals surface area contributed by atoms with Crippen LogP contribution in [-0.4, -0.2) is 54.0 Å². The summed E-state index contributed by atoms with van der Waals surface area (Å²) in [5, 5.41) is 13.7. The lowest BCUT2D eigenvalue weighted by molar-refractivity contribution is -0.0610. The fourth-order valence-electron chi connectivity index (χ4n) is 3.26. The molecule has 1 aromatic rings. The maximum Gasteiger partial charge on any atom is 0.0852 e. The van der Waals surface area contributed by atoms with Gasteiger partial charge in [0.2, 0.25) is 0 Å². The van der Waals surface area contributed by atoms with Gasteiger partial charge in [0.25, 0.3) is 0 Å². The minimum Gasteiger partial charge on any atom is -0.389 e. The van der Waals surface area contributed by atoms with E-state index in [2.05, 4.69) is 47.5 Å². The van der Waals surface area contributed by atoms with Gasteiger partial charge in [-0.3, -0.25) is 4.90 Å². The van der Waals surface area contributed by atoms with Crippen molar-refractivity contribution in [1.29, 1.82) is 0 Å². The second-order valence-corrected chi connectivity index (χ2v) is 6.88. The number of hydrogen-bond donors (Lipinski definition) is 2. The maximum atomic E-state index is 10.2. The van der Waals surface area contributed by atoms with Crippen molar-refractivity contribution in [3.05, 3.63) is 35.9 Å². The van der Waals surface area contributed by atoms with Gasteiger partial charge in [-0.25, -0.2) is 0 Å². The first kappa shape index (κ1) is 15.9. The van der Waals surface area contributed by atoms with Crippen molar-refractivity contribution in [2.45, 2.75) is 50.5 Å². The van der Waals surface area contributed by atoms with Gasteiger partial charge in [-0.05, 0) is 31.7 Å². The number of ether oxygens (including phenoxy) is 1. The molecule has 122 valence electrons. The summed E-state index contributed by atoms with van der Waals surface area (Å²) < 4.78 is 5.94. The third-order valence-corrected chi connectivity index (χ3v) is 5.02. The van der Waals surface area contributed by atoms with Gasteiger partial charge in [-0.15, -0.1) is 0 Å². The Bertz CT molecular complexity index is 461. The van der Waals surface area contributed by atoms with Gasteiger partial charge in [0.05, 0.1) is 18.3 Å². The Morgan fingerprint density at radius 2 is 2.14 bits per heavy atom. The molecule has 22 heavy (non-hydrogen) atoms. The highest BCUT2D eigenvalue weighted by atomic mass is 16.5. The van der Waals surface area contributed by atoms with E-state index in [4.69, 9.17) is 4.74 Å². The highest BCUT2D eigenvalue weighted by Gasteiger charge is 2.35. The van der Waals surface area contributed by atoms with Crippen LogP contribution in [0.25, 0.3) is 0 Å². The molecule has 1 aliphatic heterocycles. The predicted molar refractivity (Wildman–Crippen MR) is 87.7 cm³/mol. The standard InChI is InChI=1S/C18H28N2O2/c1-15(19-14-18(21)8-5-9-18)17-13-20(10-11-22-17)12-16-6-3-2-4-7-16/h2-4,6-7,15,17,19,21H,5,8-14H2,1H3. The van der Waals surface area contributed by atoms with Crippen molar-refractivity contribution >= 4 is 0 Å². The number of aliphatic hydroxyl groups is 1. The van der Waals surface area contributed by atoms with Crippen LogP contribution in [0.1, 0.15) is 31.7 Å². The summed E-state index contributed by atoms with van der Waals surface area (Å²) in [6.45, 7) is 6.56. The Morgan fingerprint density at radius 3 is 2.82 bits per heavy atom. The Hall–Kier alpha value is -0.940. The van der Waals surface area contributed by atoms with Crippen LogP contribution < -0.4 is 5.32 Å². The number of nitrogens with zero attached hydrogens (tertiary/aromatic N) is 1. The van der Waals surface area contributed by atoms with Gasteiger partial charge in [-0.2, -0.15) is 0 Å². The van der Waals surface area contributed by atoms with Crippen LogP contribution in [0, 0.1) is 0 Å². The van der Waals surface area contributed by atoms with E-state index < -0.39 is 5.60 Å². The van der Waals surface area contributed by atoms with Gasteiger partial charge in [-0.1, -0.05) is 30.3 Å². The fourth-order valence-corrected chi connectivity index (χ4v) is 3.26. The third-order valence-electron chi connectivity index (χ3n) is 5.02. The zero-order chi connectivity index (χ0) is 15.4. The van der Waals surface area contributed by atoms with E-state index in [1.54, 1.807) is 0 Å². The first-order valence-corrected chi connectivity index (χ1v) is 8.48. The monoisotopic (exact) mass is 304 g/mol. The van der Waals surface area contributed by atoms with Gasteiger partial charge in [0.15, 0.2) is 0 Å². The Morgan fingerprint density at radius 1 is 1.36 bits per heavy atom. The summed E-state index contributed by atoms with van der Waals surface area (Å²) in [5.41, 5.74) is 0.889. The van der Waals surface area contributed by atoms with Crippen molar-refractivity contribution in [3.63, 3.8) is 0 Å². The Labute approximate surface area is 133 Å². The largest absolute Gasteiger partial charge is 0.389 e. The van der Waals surface area contributed by atoms with Crippen LogP contribution in [0.15, 0.2) is 30.3 Å². The molecule has 2 unspecified atom stereocenters. The number of rotatable bonds is 6. The number of hydrogen-bond acceptors (Lipinski definition) is 4. The van der Waals surface area contributed by atoms with Crippen molar-refractivity contribution < 1.29 is 9.84 Å². The van der Waals surface area contributed by atoms with E-state index in [9.17, 15) is 5.11 Å². The normalized spacial score (nSPS) is 26.4. The molecule has 0 aromatic heterocycles. The van der Waals surface area contributed by atoms with Gasteiger partial charge in [0, 0.05) is 32.2 Å². The molecule has 0 amide bonds. The van der Waals surface area contributed by atoms with Gasteiger partial charge < -0.3 is 15.2 Å². The second-order valence-electron chi connectivity index (χ2n) is 6.88. The van der Waals surface area contributed by atoms with Gasteiger partial charge in [0.1, 0.15) is 0 Å². The average Bonchev–Trinajstić information content (AvgIpc) is 2.52. The summed E-state index contributed by atoms with van der Waals surface area (Å²) in [5.74, 6) is 0. The third kappa shape index (κ3) is 4.07. The first-order chi connectivity index (χ1) is 10.6. The smallest absolute Gasteiger partial charge is 0.0852 e. The Kier molecular flexibility index (Phi) is 5.14. The van der Waals surface area contributed by atoms with Crippen LogP contribution in [0.5, 0.6) is 0 Å². The molecule has 2 N–H and O–H groups in total. The van der Waals surface area contributed by atoms with E-state index in [0.29, 0.717) is 6.54 Å². The highest BCUT2D eigenvalue weighted by Crippen LogP contribution is 2.30. The van der Waals surface area contributed by atoms with Crippen LogP contribution in [-0.2, 0) is 11.3 Å². The minimum atomic E-state index is -0.466. The molecule has 3 rings (SSSR count). The number of nitrogens with one attached hydrogen (secondary N) is 1. The predicted octanol–water partition coefficient (Wildman–Crippen LogP) is 1.78.